The van der Waals surface area contributed by atoms with Crippen molar-refractivity contribution in [2.75, 3.05) is 133 Å². The number of anilines is 3. The molecule has 0 unspecified atom stereocenters. The van der Waals surface area contributed by atoms with Gasteiger partial charge in [-0.2, -0.15) is 0 Å². The van der Waals surface area contributed by atoms with Crippen molar-refractivity contribution in [2.45, 2.75) is 122 Å². The van der Waals surface area contributed by atoms with E-state index in [0.29, 0.717) is 98.7 Å². The number of amides is 4. The summed E-state index contributed by atoms with van der Waals surface area (Å²) in [6.07, 6.45) is 12.5. The number of carbonyl (C=O) groups excluding carboxylic acids is 5. The number of piperazine rings is 1. The number of thiazole rings is 1. The lowest BCUT2D eigenvalue weighted by atomic mass is 9.82. The van der Waals surface area contributed by atoms with Crippen molar-refractivity contribution in [3.63, 3.8) is 0 Å². The third-order valence-electron chi connectivity index (χ3n) is 17.8. The maximum atomic E-state index is 15.7. The molecule has 468 valence electrons. The first-order valence-corrected chi connectivity index (χ1v) is 32.2. The fourth-order valence-corrected chi connectivity index (χ4v) is 13.3. The molecule has 6 heterocycles. The van der Waals surface area contributed by atoms with Gasteiger partial charge < -0.3 is 50.9 Å². The zero-order chi connectivity index (χ0) is 60.6. The SMILES string of the molecule is CN[C@@H](C)C(=O)N[C@H](C(=O)N1CCC[C@H]1c1nc(C(=O)c2cccc(OCCNC(=O)CN3CCN(CCCNc4cc(N5CCCCN(c6cc(F)c(CN7CCC(C)(C)CC7)cc6F)CC(=O)NCC5)ncn4)CC3)c2)cs1)C1CCCCC1. The Balaban J connectivity index is 0.652. The third kappa shape index (κ3) is 17.9. The number of ketones is 1. The van der Waals surface area contributed by atoms with E-state index < -0.39 is 23.7 Å². The summed E-state index contributed by atoms with van der Waals surface area (Å²) in [6.45, 7) is 16.5. The molecule has 9 rings (SSSR count). The number of piperidine rings is 1. The third-order valence-corrected chi connectivity index (χ3v) is 18.8. The van der Waals surface area contributed by atoms with Crippen LogP contribution in [-0.2, 0) is 25.7 Å². The smallest absolute Gasteiger partial charge is 0.246 e. The summed E-state index contributed by atoms with van der Waals surface area (Å²) < 4.78 is 37.2. The Kier molecular flexibility index (Phi) is 23.1. The first-order valence-electron chi connectivity index (χ1n) is 31.3. The summed E-state index contributed by atoms with van der Waals surface area (Å²) in [7, 11) is 1.73. The lowest BCUT2D eigenvalue weighted by Gasteiger charge is -2.37. The molecule has 0 spiro atoms. The number of nitrogens with one attached hydrogen (secondary N) is 5. The highest BCUT2D eigenvalue weighted by atomic mass is 32.1. The van der Waals surface area contributed by atoms with Gasteiger partial charge in [-0.1, -0.05) is 45.2 Å². The Bertz CT molecular complexity index is 2910. The minimum Gasteiger partial charge on any atom is -0.492 e. The summed E-state index contributed by atoms with van der Waals surface area (Å²) in [4.78, 5) is 93.4. The van der Waals surface area contributed by atoms with E-state index in [2.05, 4.69) is 70.0 Å². The summed E-state index contributed by atoms with van der Waals surface area (Å²) in [5.41, 5.74) is 1.45. The number of hydrogen-bond donors (Lipinski definition) is 5. The van der Waals surface area contributed by atoms with Crippen molar-refractivity contribution in [1.29, 1.82) is 0 Å². The van der Waals surface area contributed by atoms with Gasteiger partial charge in [0.2, 0.25) is 29.4 Å². The van der Waals surface area contributed by atoms with E-state index in [1.54, 1.807) is 54.8 Å². The van der Waals surface area contributed by atoms with Crippen molar-refractivity contribution >= 4 is 58.1 Å². The highest BCUT2D eigenvalue weighted by Crippen LogP contribution is 2.37. The minimum atomic E-state index is -0.597. The monoisotopic (exact) mass is 1210 g/mol. The van der Waals surface area contributed by atoms with E-state index in [4.69, 9.17) is 9.72 Å². The predicted octanol–water partition coefficient (Wildman–Crippen LogP) is 6.24. The van der Waals surface area contributed by atoms with Gasteiger partial charge in [-0.3, -0.25) is 33.8 Å². The van der Waals surface area contributed by atoms with Crippen LogP contribution in [0, 0.1) is 23.0 Å². The van der Waals surface area contributed by atoms with Crippen molar-refractivity contribution in [2.24, 2.45) is 11.3 Å². The summed E-state index contributed by atoms with van der Waals surface area (Å²) >= 11 is 1.38. The van der Waals surface area contributed by atoms with Crippen LogP contribution < -0.4 is 41.1 Å². The molecule has 4 aromatic rings. The Hall–Kier alpha value is -6.40. The molecule has 5 fully saturated rings. The topological polar surface area (TPSA) is 213 Å². The van der Waals surface area contributed by atoms with Crippen molar-refractivity contribution in [3.05, 3.63) is 87.6 Å². The quantitative estimate of drug-likeness (QED) is 0.0411. The number of rotatable bonds is 23. The number of hydrogen-bond acceptors (Lipinski definition) is 17. The van der Waals surface area contributed by atoms with E-state index in [1.165, 1.54) is 23.5 Å². The lowest BCUT2D eigenvalue weighted by Crippen LogP contribution is -2.55. The first kappa shape index (κ1) is 64.1. The van der Waals surface area contributed by atoms with Crippen LogP contribution in [0.25, 0.3) is 0 Å². The molecular formula is C63H90F2N14O6S. The number of halogens is 2. The number of benzene rings is 2. The van der Waals surface area contributed by atoms with Gasteiger partial charge in [0.15, 0.2) is 0 Å². The molecule has 1 aliphatic carbocycles. The van der Waals surface area contributed by atoms with Crippen LogP contribution in [0.3, 0.4) is 0 Å². The molecule has 0 radical (unpaired) electrons. The van der Waals surface area contributed by atoms with E-state index in [9.17, 15) is 24.0 Å². The number of aromatic nitrogens is 3. The fraction of sp³-hybridized carbons (Fsp3) is 0.619. The largest absolute Gasteiger partial charge is 0.492 e. The molecule has 2 aromatic heterocycles. The van der Waals surface area contributed by atoms with Crippen LogP contribution in [0.15, 0.2) is 54.2 Å². The zero-order valence-corrected chi connectivity index (χ0v) is 51.7. The second-order valence-electron chi connectivity index (χ2n) is 24.7. The zero-order valence-electron chi connectivity index (χ0n) is 50.9. The minimum absolute atomic E-state index is 0.0653. The molecule has 4 amide bonds. The summed E-state index contributed by atoms with van der Waals surface area (Å²) in [6, 6.07) is 10.2. The van der Waals surface area contributed by atoms with Crippen molar-refractivity contribution in [1.82, 2.24) is 55.8 Å². The average molecular weight is 1210 g/mol. The molecule has 2 aromatic carbocycles. The Morgan fingerprint density at radius 1 is 0.826 bits per heavy atom. The van der Waals surface area contributed by atoms with Crippen LogP contribution in [0.2, 0.25) is 0 Å². The van der Waals surface area contributed by atoms with Gasteiger partial charge in [-0.05, 0) is 121 Å². The Labute approximate surface area is 509 Å². The van der Waals surface area contributed by atoms with E-state index in [0.717, 1.165) is 122 Å². The number of ether oxygens (including phenoxy) is 1. The van der Waals surface area contributed by atoms with Gasteiger partial charge in [-0.25, -0.2) is 23.7 Å². The summed E-state index contributed by atoms with van der Waals surface area (Å²) in [5.74, 6) is 0.248. The molecule has 23 heteroatoms. The highest BCUT2D eigenvalue weighted by molar-refractivity contribution is 7.10. The highest BCUT2D eigenvalue weighted by Gasteiger charge is 2.40. The Morgan fingerprint density at radius 3 is 2.37 bits per heavy atom. The van der Waals surface area contributed by atoms with Gasteiger partial charge in [0.05, 0.1) is 37.4 Å². The molecule has 20 nitrogen and oxygen atoms in total. The van der Waals surface area contributed by atoms with Gasteiger partial charge in [-0.15, -0.1) is 11.3 Å². The average Bonchev–Trinajstić information content (AvgIpc) is 4.39. The first-order chi connectivity index (χ1) is 41.6. The molecule has 5 N–H and O–H groups in total. The number of likely N-dealkylation sites (N-methyl/N-ethyl adjacent to an activating group) is 1. The molecule has 3 atom stereocenters. The van der Waals surface area contributed by atoms with Gasteiger partial charge in [0, 0.05) is 101 Å². The maximum absolute atomic E-state index is 15.7. The van der Waals surface area contributed by atoms with Gasteiger partial charge in [0.25, 0.3) is 0 Å². The van der Waals surface area contributed by atoms with E-state index in [-0.39, 0.29) is 65.6 Å². The number of carbonyl (C=O) groups is 5. The van der Waals surface area contributed by atoms with Crippen molar-refractivity contribution in [3.8, 4) is 5.75 Å². The predicted molar refractivity (Wildman–Crippen MR) is 331 cm³/mol. The molecular weight excluding hydrogens is 1120 g/mol. The van der Waals surface area contributed by atoms with Crippen LogP contribution in [0.5, 0.6) is 5.75 Å². The molecule has 4 aliphatic heterocycles. The Morgan fingerprint density at radius 2 is 1.59 bits per heavy atom. The molecule has 86 heavy (non-hydrogen) atoms. The van der Waals surface area contributed by atoms with Gasteiger partial charge >= 0.3 is 0 Å². The van der Waals surface area contributed by atoms with Gasteiger partial charge in [0.1, 0.15) is 58.7 Å². The van der Waals surface area contributed by atoms with Crippen LogP contribution in [0.1, 0.15) is 130 Å². The van der Waals surface area contributed by atoms with Crippen LogP contribution in [-0.4, -0.2) is 194 Å². The maximum Gasteiger partial charge on any atom is 0.246 e. The second-order valence-corrected chi connectivity index (χ2v) is 25.6. The van der Waals surface area contributed by atoms with E-state index in [1.807, 2.05) is 11.0 Å². The standard InChI is InChI=1S/C63H90F2N14O6S/c1-44(66-4)60(83)73-58(45-13-6-5-7-14-45)62(84)79-26-11-17-52(79)61-72-51(42-86-61)59(82)46-15-10-16-48(35-46)85-34-22-69-56(80)40-76-32-30-74(31-33-76)23-12-20-67-54-38-55(71-43-70-54)77-24-8-9-25-78(41-57(81)68-21-29-77)53-37-49(64)47(36-50(53)65)39-75-27-18-63(2,3)19-28-75/h10,15-16,35-38,42-45,52,58,66H,5-9,11-14,17-34,39-41H2,1-4H3,(H,68,81)(H,69,80)(H,73,83)(H,67,70,71)/t44-,52-,58-/m0/s1. The number of likely N-dealkylation sites (tertiary alicyclic amines) is 2. The second kappa shape index (κ2) is 31.0. The summed E-state index contributed by atoms with van der Waals surface area (Å²) in [5, 5.41) is 17.9. The van der Waals surface area contributed by atoms with Crippen LogP contribution in [0.4, 0.5) is 26.1 Å². The normalized spacial score (nSPS) is 20.4. The van der Waals surface area contributed by atoms with Crippen molar-refractivity contribution < 1.29 is 37.5 Å². The molecule has 0 bridgehead atoms. The fourth-order valence-electron chi connectivity index (χ4n) is 12.4. The number of nitrogens with zero attached hydrogens (tertiary/aromatic N) is 9. The molecule has 5 aliphatic rings. The molecule has 4 saturated heterocycles. The van der Waals surface area contributed by atoms with E-state index >= 15 is 8.78 Å². The lowest BCUT2D eigenvalue weighted by molar-refractivity contribution is -0.139. The molecule has 1 saturated carbocycles. The van der Waals surface area contributed by atoms with Crippen LogP contribution >= 0.6 is 11.3 Å².